The molecule has 28 heavy (non-hydrogen) atoms. The van der Waals surface area contributed by atoms with Crippen LogP contribution in [0.15, 0.2) is 30.3 Å². The molecule has 0 atom stereocenters. The molecule has 0 aliphatic carbocycles. The predicted molar refractivity (Wildman–Crippen MR) is 122 cm³/mol. The number of hydrogen-bond acceptors (Lipinski definition) is 0. The smallest absolute Gasteiger partial charge is 0.0827 e. The van der Waals surface area contributed by atoms with E-state index in [0.717, 1.165) is 0 Å². The lowest BCUT2D eigenvalue weighted by atomic mass is 10.0. The number of halogens is 1. The Balaban J connectivity index is 0.00000729. The molecule has 0 aliphatic rings. The van der Waals surface area contributed by atoms with Crippen LogP contribution in [0, 0.1) is 0 Å². The van der Waals surface area contributed by atoms with Crippen molar-refractivity contribution in [3.63, 3.8) is 0 Å². The molecule has 0 unspecified atom stereocenters. The van der Waals surface area contributed by atoms with Gasteiger partial charge < -0.3 is 16.9 Å². The van der Waals surface area contributed by atoms with E-state index >= 15 is 0 Å². The molecule has 0 radical (unpaired) electrons. The Bertz CT molecular complexity index is 427. The fourth-order valence-corrected chi connectivity index (χ4v) is 4.27. The van der Waals surface area contributed by atoms with Gasteiger partial charge in [-0.25, -0.2) is 0 Å². The molecule has 0 heterocycles. The molecule has 164 valence electrons. The molecule has 0 spiro atoms. The molecular formula is C26H48ClN. The fourth-order valence-electron chi connectivity index (χ4n) is 4.27. The van der Waals surface area contributed by atoms with Gasteiger partial charge in [-0.2, -0.15) is 0 Å². The van der Waals surface area contributed by atoms with Crippen molar-refractivity contribution in [2.24, 2.45) is 0 Å². The summed E-state index contributed by atoms with van der Waals surface area (Å²) < 4.78 is 1.30. The highest BCUT2D eigenvalue weighted by molar-refractivity contribution is 5.14. The molecule has 1 aromatic carbocycles. The molecule has 1 rings (SSSR count). The monoisotopic (exact) mass is 409 g/mol. The first-order valence-corrected chi connectivity index (χ1v) is 12.2. The molecule has 1 aromatic rings. The highest BCUT2D eigenvalue weighted by atomic mass is 35.5. The summed E-state index contributed by atoms with van der Waals surface area (Å²) in [6, 6.07) is 11.0. The normalized spacial score (nSPS) is 11.4. The molecule has 0 N–H and O–H groups in total. The molecule has 0 bridgehead atoms. The van der Waals surface area contributed by atoms with Gasteiger partial charge in [-0.15, -0.1) is 0 Å². The van der Waals surface area contributed by atoms with Gasteiger partial charge in [0.25, 0.3) is 0 Å². The Morgan fingerprint density at radius 1 is 0.571 bits per heavy atom. The highest BCUT2D eigenvalue weighted by Gasteiger charge is 2.22. The largest absolute Gasteiger partial charge is 1.00 e. The second kappa shape index (κ2) is 18.5. The van der Waals surface area contributed by atoms with Gasteiger partial charge in [0.2, 0.25) is 0 Å². The first kappa shape index (κ1) is 27.5. The van der Waals surface area contributed by atoms with Crippen molar-refractivity contribution >= 4 is 0 Å². The topological polar surface area (TPSA) is 0 Å². The maximum atomic E-state index is 2.38. The third-order valence-corrected chi connectivity index (χ3v) is 6.55. The molecule has 0 aromatic heterocycles. The van der Waals surface area contributed by atoms with Gasteiger partial charge in [0.1, 0.15) is 0 Å². The van der Waals surface area contributed by atoms with Gasteiger partial charge in [0.15, 0.2) is 0 Å². The average molecular weight is 410 g/mol. The third-order valence-electron chi connectivity index (χ3n) is 6.55. The number of quaternary nitrogens is 1. The minimum Gasteiger partial charge on any atom is -1.00 e. The maximum Gasteiger partial charge on any atom is 0.0827 e. The van der Waals surface area contributed by atoms with Crippen LogP contribution in [0.4, 0.5) is 0 Å². The molecule has 0 amide bonds. The second-order valence-corrected chi connectivity index (χ2v) is 8.55. The Kier molecular flexibility index (Phi) is 18.1. The minimum atomic E-state index is 0. The van der Waals surface area contributed by atoms with Gasteiger partial charge in [0.05, 0.1) is 26.2 Å². The fraction of sp³-hybridized carbons (Fsp3) is 0.769. The van der Waals surface area contributed by atoms with Crippen LogP contribution in [0.2, 0.25) is 0 Å². The zero-order valence-electron chi connectivity index (χ0n) is 19.2. The summed E-state index contributed by atoms with van der Waals surface area (Å²) in [4.78, 5) is 0. The Morgan fingerprint density at radius 2 is 1.04 bits per heavy atom. The third kappa shape index (κ3) is 12.8. The van der Waals surface area contributed by atoms with Crippen LogP contribution in [0.3, 0.4) is 0 Å². The van der Waals surface area contributed by atoms with Crippen LogP contribution in [0.25, 0.3) is 0 Å². The van der Waals surface area contributed by atoms with Crippen molar-refractivity contribution in [1.82, 2.24) is 0 Å². The first-order chi connectivity index (χ1) is 13.3. The molecule has 2 heteroatoms. The minimum absolute atomic E-state index is 0. The van der Waals surface area contributed by atoms with Gasteiger partial charge >= 0.3 is 0 Å². The van der Waals surface area contributed by atoms with Crippen LogP contribution < -0.4 is 12.4 Å². The summed E-state index contributed by atoms with van der Waals surface area (Å²) in [5.74, 6) is 0. The van der Waals surface area contributed by atoms with Crippen molar-refractivity contribution in [3.05, 3.63) is 35.9 Å². The summed E-state index contributed by atoms with van der Waals surface area (Å²) in [7, 11) is 0. The SMILES string of the molecule is CCCCCCCCCCCCCC[N+](CC)(CC)CCc1ccccc1.[Cl-]. The first-order valence-electron chi connectivity index (χ1n) is 12.2. The van der Waals surface area contributed by atoms with Crippen LogP contribution in [0.1, 0.15) is 103 Å². The van der Waals surface area contributed by atoms with E-state index in [1.54, 1.807) is 0 Å². The van der Waals surface area contributed by atoms with Crippen molar-refractivity contribution in [2.75, 3.05) is 26.2 Å². The standard InChI is InChI=1S/C26H48N.ClH/c1-4-7-8-9-10-11-12-13-14-15-16-20-24-27(5-2,6-3)25-23-26-21-18-17-19-22-26;/h17-19,21-22H,4-16,20,23-25H2,1-3H3;1H/q+1;/p-1. The summed E-state index contributed by atoms with van der Waals surface area (Å²) in [5, 5.41) is 0. The van der Waals surface area contributed by atoms with E-state index < -0.39 is 0 Å². The Hall–Kier alpha value is -0.530. The van der Waals surface area contributed by atoms with Crippen molar-refractivity contribution in [2.45, 2.75) is 104 Å². The highest BCUT2D eigenvalue weighted by Crippen LogP contribution is 2.15. The molecule has 0 saturated heterocycles. The van der Waals surface area contributed by atoms with E-state index in [4.69, 9.17) is 0 Å². The van der Waals surface area contributed by atoms with Crippen molar-refractivity contribution in [1.29, 1.82) is 0 Å². The summed E-state index contributed by atoms with van der Waals surface area (Å²) >= 11 is 0. The maximum absolute atomic E-state index is 2.38. The number of benzene rings is 1. The Morgan fingerprint density at radius 3 is 1.50 bits per heavy atom. The molecular weight excluding hydrogens is 362 g/mol. The molecule has 0 fully saturated rings. The quantitative estimate of drug-likeness (QED) is 0.241. The van der Waals surface area contributed by atoms with Crippen LogP contribution in [-0.4, -0.2) is 30.7 Å². The number of nitrogens with zero attached hydrogens (tertiary/aromatic N) is 1. The van der Waals surface area contributed by atoms with E-state index in [1.807, 2.05) is 0 Å². The molecule has 0 saturated carbocycles. The molecule has 0 aliphatic heterocycles. The Labute approximate surface area is 183 Å². The zero-order valence-corrected chi connectivity index (χ0v) is 20.0. The van der Waals surface area contributed by atoms with Gasteiger partial charge in [-0.1, -0.05) is 101 Å². The van der Waals surface area contributed by atoms with Crippen LogP contribution in [-0.2, 0) is 6.42 Å². The summed E-state index contributed by atoms with van der Waals surface area (Å²) in [5.41, 5.74) is 1.50. The lowest BCUT2D eigenvalue weighted by Crippen LogP contribution is -3.00. The zero-order chi connectivity index (χ0) is 19.6. The number of likely N-dealkylation sites (N-methyl/N-ethyl adjacent to an activating group) is 1. The van der Waals surface area contributed by atoms with Gasteiger partial charge in [-0.3, -0.25) is 0 Å². The van der Waals surface area contributed by atoms with Gasteiger partial charge in [-0.05, 0) is 32.3 Å². The van der Waals surface area contributed by atoms with E-state index in [2.05, 4.69) is 51.1 Å². The second-order valence-electron chi connectivity index (χ2n) is 8.55. The van der Waals surface area contributed by atoms with E-state index in [-0.39, 0.29) is 12.4 Å². The summed E-state index contributed by atoms with van der Waals surface area (Å²) in [6.45, 7) is 12.3. The van der Waals surface area contributed by atoms with Crippen LogP contribution in [0.5, 0.6) is 0 Å². The van der Waals surface area contributed by atoms with E-state index in [9.17, 15) is 0 Å². The van der Waals surface area contributed by atoms with Gasteiger partial charge in [0, 0.05) is 6.42 Å². The average Bonchev–Trinajstić information content (AvgIpc) is 2.72. The predicted octanol–water partition coefficient (Wildman–Crippen LogP) is 4.79. The van der Waals surface area contributed by atoms with Crippen LogP contribution >= 0.6 is 0 Å². The van der Waals surface area contributed by atoms with E-state index in [0.29, 0.717) is 0 Å². The number of hydrogen-bond donors (Lipinski definition) is 0. The van der Waals surface area contributed by atoms with Crippen molar-refractivity contribution < 1.29 is 16.9 Å². The number of rotatable bonds is 18. The lowest BCUT2D eigenvalue weighted by molar-refractivity contribution is -0.925. The van der Waals surface area contributed by atoms with E-state index in [1.165, 1.54) is 120 Å². The van der Waals surface area contributed by atoms with Crippen molar-refractivity contribution in [3.8, 4) is 0 Å². The summed E-state index contributed by atoms with van der Waals surface area (Å²) in [6.07, 6.45) is 18.5. The molecule has 1 nitrogen and oxygen atoms in total. The lowest BCUT2D eigenvalue weighted by Gasteiger charge is -2.37. The number of unbranched alkanes of at least 4 members (excludes halogenated alkanes) is 11.